The van der Waals surface area contributed by atoms with Gasteiger partial charge in [-0.15, -0.1) is 0 Å². The van der Waals surface area contributed by atoms with E-state index in [1.165, 1.54) is 11.8 Å². The largest absolute Gasteiger partial charge is 0.342 e. The molecule has 0 radical (unpaired) electrons. The first-order valence-corrected chi connectivity index (χ1v) is 10.1. The number of carbonyl (C=O) groups is 1. The van der Waals surface area contributed by atoms with Crippen molar-refractivity contribution in [3.05, 3.63) is 59.8 Å². The van der Waals surface area contributed by atoms with Crippen molar-refractivity contribution in [2.75, 3.05) is 13.6 Å². The second kappa shape index (κ2) is 9.95. The van der Waals surface area contributed by atoms with Crippen molar-refractivity contribution in [3.8, 4) is 0 Å². The lowest BCUT2D eigenvalue weighted by molar-refractivity contribution is 0.0787. The number of aromatic nitrogens is 1. The molecule has 1 aromatic heterocycles. The Morgan fingerprint density at radius 1 is 1.25 bits per heavy atom. The smallest absolute Gasteiger partial charge is 0.290 e. The number of carbonyl (C=O) groups excluding carboxylic acids is 1. The van der Waals surface area contributed by atoms with Crippen LogP contribution in [0.2, 0.25) is 0 Å². The lowest BCUT2D eigenvalue weighted by Crippen LogP contribution is -2.32. The highest BCUT2D eigenvalue weighted by Crippen LogP contribution is 2.27. The molecule has 1 fully saturated rings. The molecule has 1 aromatic carbocycles. The minimum Gasteiger partial charge on any atom is -0.342 e. The quantitative estimate of drug-likeness (QED) is 0.652. The Labute approximate surface area is 167 Å². The van der Waals surface area contributed by atoms with Gasteiger partial charge in [0.25, 0.3) is 11.7 Å². The van der Waals surface area contributed by atoms with Crippen LogP contribution in [0.25, 0.3) is 0 Å². The lowest BCUT2D eigenvalue weighted by Gasteiger charge is -2.19. The molecule has 2 atom stereocenters. The summed E-state index contributed by atoms with van der Waals surface area (Å²) in [7, 11) is 1.69. The number of hydrogen-bond acceptors (Lipinski definition) is 5. The molecule has 1 saturated heterocycles. The summed E-state index contributed by atoms with van der Waals surface area (Å²) in [6.07, 6.45) is 4.14. The number of alkyl halides is 2. The fraction of sp³-hybridized carbons (Fsp3) is 0.400. The van der Waals surface area contributed by atoms with Crippen LogP contribution in [0, 0.1) is 0 Å². The first-order chi connectivity index (χ1) is 13.5. The molecule has 0 bridgehead atoms. The summed E-state index contributed by atoms with van der Waals surface area (Å²) in [5.41, 5.74) is 8.12. The van der Waals surface area contributed by atoms with Crippen LogP contribution in [0.3, 0.4) is 0 Å². The van der Waals surface area contributed by atoms with Crippen LogP contribution in [-0.4, -0.2) is 41.2 Å². The van der Waals surface area contributed by atoms with E-state index in [0.29, 0.717) is 24.3 Å². The third kappa shape index (κ3) is 5.50. The maximum Gasteiger partial charge on any atom is 0.290 e. The van der Waals surface area contributed by atoms with E-state index in [2.05, 4.69) is 28.0 Å². The molecule has 5 nitrogen and oxygen atoms in total. The summed E-state index contributed by atoms with van der Waals surface area (Å²) in [6.45, 7) is 0.556. The fourth-order valence-corrected chi connectivity index (χ4v) is 3.90. The summed E-state index contributed by atoms with van der Waals surface area (Å²) in [4.78, 5) is 18.1. The van der Waals surface area contributed by atoms with E-state index in [9.17, 15) is 13.6 Å². The number of nitrogens with zero attached hydrogens (tertiary/aromatic N) is 2. The zero-order chi connectivity index (χ0) is 19.9. The Bertz CT molecular complexity index is 778. The van der Waals surface area contributed by atoms with Crippen LogP contribution in [0.4, 0.5) is 8.78 Å². The van der Waals surface area contributed by atoms with Gasteiger partial charge in [-0.2, -0.15) is 8.78 Å². The Morgan fingerprint density at radius 2 is 2.04 bits per heavy atom. The number of nitrogens with one attached hydrogen (secondary N) is 2. The molecule has 150 valence electrons. The van der Waals surface area contributed by atoms with E-state index < -0.39 is 5.76 Å². The van der Waals surface area contributed by atoms with E-state index >= 15 is 0 Å². The zero-order valence-corrected chi connectivity index (χ0v) is 16.5. The third-order valence-corrected chi connectivity index (χ3v) is 5.51. The number of hydrogen-bond donors (Lipinski definition) is 2. The molecule has 3 rings (SSSR count). The average molecular weight is 407 g/mol. The van der Waals surface area contributed by atoms with Gasteiger partial charge in [0.2, 0.25) is 0 Å². The molecule has 2 heterocycles. The molecule has 2 unspecified atom stereocenters. The maximum absolute atomic E-state index is 12.7. The van der Waals surface area contributed by atoms with Crippen molar-refractivity contribution in [2.24, 2.45) is 0 Å². The molecule has 0 aliphatic carbocycles. The van der Waals surface area contributed by atoms with E-state index in [1.807, 2.05) is 18.2 Å². The molecule has 1 aliphatic heterocycles. The van der Waals surface area contributed by atoms with E-state index in [1.54, 1.807) is 24.1 Å². The number of pyridine rings is 1. The Morgan fingerprint density at radius 3 is 2.79 bits per heavy atom. The summed E-state index contributed by atoms with van der Waals surface area (Å²) >= 11 is 0.303. The minimum atomic E-state index is -2.61. The average Bonchev–Trinajstić information content (AvgIpc) is 3.17. The molecule has 8 heteroatoms. The number of benzene rings is 1. The third-order valence-electron chi connectivity index (χ3n) is 4.78. The van der Waals surface area contributed by atoms with Gasteiger partial charge in [0.1, 0.15) is 5.03 Å². The number of rotatable bonds is 8. The van der Waals surface area contributed by atoms with Crippen molar-refractivity contribution in [1.29, 1.82) is 0 Å². The highest BCUT2D eigenvalue weighted by atomic mass is 32.2. The van der Waals surface area contributed by atoms with Crippen molar-refractivity contribution < 1.29 is 13.6 Å². The van der Waals surface area contributed by atoms with Gasteiger partial charge in [-0.1, -0.05) is 30.3 Å². The van der Waals surface area contributed by atoms with Crippen LogP contribution in [0.1, 0.15) is 41.2 Å². The first-order valence-electron chi connectivity index (χ1n) is 9.26. The summed E-state index contributed by atoms with van der Waals surface area (Å²) in [5, 5.41) is 0.0710. The van der Waals surface area contributed by atoms with Gasteiger partial charge < -0.3 is 4.90 Å². The molecule has 2 N–H and O–H groups in total. The van der Waals surface area contributed by atoms with Crippen LogP contribution in [0.5, 0.6) is 0 Å². The number of thioether (sulfide) groups is 1. The van der Waals surface area contributed by atoms with Crippen molar-refractivity contribution in [1.82, 2.24) is 20.7 Å². The van der Waals surface area contributed by atoms with E-state index in [-0.39, 0.29) is 22.5 Å². The number of amides is 1. The molecule has 1 aliphatic rings. The molecular formula is C20H24F2N4OS. The number of hydrazine groups is 1. The van der Waals surface area contributed by atoms with Crippen molar-refractivity contribution in [2.45, 2.75) is 42.1 Å². The molecule has 0 spiro atoms. The SMILES string of the molecule is CN(CCCC1CC(c2ccccc2)NN1)C(=O)c1cccnc1SC(F)F. The van der Waals surface area contributed by atoms with Gasteiger partial charge in [0.15, 0.2) is 0 Å². The van der Waals surface area contributed by atoms with E-state index in [0.717, 1.165) is 19.3 Å². The van der Waals surface area contributed by atoms with Crippen LogP contribution < -0.4 is 10.9 Å². The second-order valence-electron chi connectivity index (χ2n) is 6.79. The van der Waals surface area contributed by atoms with Gasteiger partial charge >= 0.3 is 0 Å². The Kier molecular flexibility index (Phi) is 7.36. The summed E-state index contributed by atoms with van der Waals surface area (Å²) < 4.78 is 25.4. The van der Waals surface area contributed by atoms with Crippen LogP contribution >= 0.6 is 11.8 Å². The topological polar surface area (TPSA) is 57.3 Å². The molecule has 0 saturated carbocycles. The predicted molar refractivity (Wildman–Crippen MR) is 106 cm³/mol. The highest BCUT2D eigenvalue weighted by molar-refractivity contribution is 7.99. The van der Waals surface area contributed by atoms with Gasteiger partial charge in [-0.3, -0.25) is 15.6 Å². The molecule has 2 aromatic rings. The molecular weight excluding hydrogens is 382 g/mol. The first kappa shape index (κ1) is 20.7. The molecule has 1 amide bonds. The Hall–Kier alpha value is -2.03. The van der Waals surface area contributed by atoms with Gasteiger partial charge in [0, 0.05) is 31.9 Å². The predicted octanol–water partition coefficient (Wildman–Crippen LogP) is 3.86. The number of halogens is 2. The van der Waals surface area contributed by atoms with Crippen molar-refractivity contribution in [3.63, 3.8) is 0 Å². The van der Waals surface area contributed by atoms with E-state index in [4.69, 9.17) is 0 Å². The van der Waals surface area contributed by atoms with Gasteiger partial charge in [-0.25, -0.2) is 4.98 Å². The summed E-state index contributed by atoms with van der Waals surface area (Å²) in [5.74, 6) is -2.89. The minimum absolute atomic E-state index is 0.0710. The van der Waals surface area contributed by atoms with Crippen molar-refractivity contribution >= 4 is 17.7 Å². The van der Waals surface area contributed by atoms with Gasteiger partial charge in [-0.05, 0) is 48.7 Å². The highest BCUT2D eigenvalue weighted by Gasteiger charge is 2.25. The fourth-order valence-electron chi connectivity index (χ4n) is 3.33. The molecule has 28 heavy (non-hydrogen) atoms. The summed E-state index contributed by atoms with van der Waals surface area (Å²) in [6, 6.07) is 14.0. The zero-order valence-electron chi connectivity index (χ0n) is 15.6. The maximum atomic E-state index is 12.7. The van der Waals surface area contributed by atoms with Gasteiger partial charge in [0.05, 0.1) is 5.56 Å². The monoisotopic (exact) mass is 406 g/mol. The Balaban J connectivity index is 1.47. The standard InChI is InChI=1S/C20H24F2N4OS/c1-26(19(27)16-10-5-11-23-18(16)28-20(21)22)12-6-9-15-13-17(25-24-15)14-7-3-2-4-8-14/h2-5,7-8,10-11,15,17,20,24-25H,6,9,12-13H2,1H3. The van der Waals surface area contributed by atoms with Crippen LogP contribution in [0.15, 0.2) is 53.7 Å². The van der Waals surface area contributed by atoms with Crippen LogP contribution in [-0.2, 0) is 0 Å². The second-order valence-corrected chi connectivity index (χ2v) is 7.77. The normalized spacial score (nSPS) is 19.1. The lowest BCUT2D eigenvalue weighted by atomic mass is 10.00.